The van der Waals surface area contributed by atoms with E-state index < -0.39 is 12.1 Å². The van der Waals surface area contributed by atoms with Crippen molar-refractivity contribution in [1.82, 2.24) is 54.2 Å². The fraction of sp³-hybridized carbons (Fsp3) is 0.365. The molecular weight excluding hydrogens is 1040 g/mol. The van der Waals surface area contributed by atoms with Gasteiger partial charge in [0, 0.05) is 76.6 Å². The lowest BCUT2D eigenvalue weighted by molar-refractivity contribution is -0.192. The zero-order valence-corrected chi connectivity index (χ0v) is 45.3. The van der Waals surface area contributed by atoms with Gasteiger partial charge in [0.05, 0.1) is 23.2 Å². The molecule has 8 heterocycles. The molecule has 4 N–H and O–H groups in total. The zero-order valence-electron chi connectivity index (χ0n) is 42.9. The predicted molar refractivity (Wildman–Crippen MR) is 294 cm³/mol. The number of carbonyl (C=O) groups is 3. The van der Waals surface area contributed by atoms with Gasteiger partial charge in [-0.2, -0.15) is 23.1 Å². The van der Waals surface area contributed by atoms with Crippen LogP contribution in [0.15, 0.2) is 109 Å². The van der Waals surface area contributed by atoms with E-state index >= 15 is 0 Å². The van der Waals surface area contributed by atoms with E-state index in [-0.39, 0.29) is 22.0 Å². The van der Waals surface area contributed by atoms with Crippen LogP contribution in [0.25, 0.3) is 31.8 Å². The maximum absolute atomic E-state index is 12.6. The number of carboxylic acids is 1. The largest absolute Gasteiger partial charge is 0.490 e. The fourth-order valence-electron chi connectivity index (χ4n) is 7.71. The minimum atomic E-state index is -5.08. The van der Waals surface area contributed by atoms with Crippen molar-refractivity contribution >= 4 is 102 Å². The standard InChI is InChI=1S/C25H29N7OS.C15H10ClN5S.C10H20N2O.C2HF3O2/c1-25(2,3)15-21(33)30-10-12-31(13-11-30)24-28-22(19-9-14-34-23(19)29-24)27-20-16-32(17-26-20)18-7-5-4-6-8-18;16-15-19-13(11-6-7-22-14(11)20-15)18-12-8-21(9-17-12)10-4-2-1-3-5-10;1-10(2,3)8-9(13)12-6-4-11-5-7-12;3-2(4,5)1(6)7/h4-9,14,16-17H,10-13,15H2,1-3H3,(H,27,28,29);1-9H,(H,18,19,20);11H,4-8H2,1-3H3;(H,6,7). The first-order chi connectivity index (χ1) is 36.1. The number of anilines is 5. The van der Waals surface area contributed by atoms with Gasteiger partial charge >= 0.3 is 12.1 Å². The van der Waals surface area contributed by atoms with Gasteiger partial charge in [-0.3, -0.25) is 9.59 Å². The molecule has 2 aliphatic heterocycles. The van der Waals surface area contributed by atoms with Crippen LogP contribution in [0.1, 0.15) is 54.4 Å². The summed E-state index contributed by atoms with van der Waals surface area (Å²) < 4.78 is 35.7. The molecule has 0 radical (unpaired) electrons. The molecule has 0 atom stereocenters. The average Bonchev–Trinajstić information content (AvgIpc) is 4.23. The van der Waals surface area contributed by atoms with Crippen LogP contribution in [0.5, 0.6) is 0 Å². The lowest BCUT2D eigenvalue weighted by Crippen LogP contribution is -2.49. The monoisotopic (exact) mass is 1100 g/mol. The number of fused-ring (bicyclic) bond motifs is 2. The third-order valence-electron chi connectivity index (χ3n) is 11.4. The number of halogens is 4. The minimum absolute atomic E-state index is 0.00436. The van der Waals surface area contributed by atoms with Gasteiger partial charge < -0.3 is 44.9 Å². The molecule has 0 unspecified atom stereocenters. The number of hydrogen-bond acceptors (Lipinski definition) is 15. The number of nitrogens with zero attached hydrogens (tertiary/aromatic N) is 11. The molecule has 8 aromatic rings. The van der Waals surface area contributed by atoms with Gasteiger partial charge in [-0.1, -0.05) is 77.9 Å². The van der Waals surface area contributed by atoms with Gasteiger partial charge in [0.2, 0.25) is 23.0 Å². The Kier molecular flexibility index (Phi) is 18.7. The lowest BCUT2D eigenvalue weighted by Gasteiger charge is -2.36. The number of amides is 2. The number of carboxylic acid groups (broad SMARTS) is 1. The van der Waals surface area contributed by atoms with E-state index in [4.69, 9.17) is 31.5 Å². The van der Waals surface area contributed by atoms with E-state index in [0.717, 1.165) is 82.7 Å². The van der Waals surface area contributed by atoms with Crippen LogP contribution in [0.3, 0.4) is 0 Å². The van der Waals surface area contributed by atoms with Crippen molar-refractivity contribution in [2.24, 2.45) is 10.8 Å². The molecule has 0 bridgehead atoms. The fourth-order valence-corrected chi connectivity index (χ4v) is 9.45. The molecule has 2 aromatic carbocycles. The summed E-state index contributed by atoms with van der Waals surface area (Å²) in [5, 5.41) is 23.1. The van der Waals surface area contributed by atoms with Gasteiger partial charge in [-0.05, 0) is 69.6 Å². The lowest BCUT2D eigenvalue weighted by atomic mass is 9.91. The van der Waals surface area contributed by atoms with Gasteiger partial charge in [-0.15, -0.1) is 22.7 Å². The van der Waals surface area contributed by atoms with Crippen LogP contribution in [0.2, 0.25) is 5.28 Å². The maximum atomic E-state index is 12.6. The van der Waals surface area contributed by atoms with E-state index in [0.29, 0.717) is 49.4 Å². The van der Waals surface area contributed by atoms with Crippen LogP contribution in [-0.2, 0) is 14.4 Å². The maximum Gasteiger partial charge on any atom is 0.490 e. The predicted octanol–water partition coefficient (Wildman–Crippen LogP) is 10.5. The molecule has 0 saturated carbocycles. The third kappa shape index (κ3) is 16.4. The van der Waals surface area contributed by atoms with E-state index in [1.165, 1.54) is 11.3 Å². The van der Waals surface area contributed by atoms with Crippen LogP contribution >= 0.6 is 34.3 Å². The topological polar surface area (TPSA) is 204 Å². The summed E-state index contributed by atoms with van der Waals surface area (Å²) in [5.41, 5.74) is 2.20. The second-order valence-electron chi connectivity index (χ2n) is 20.0. The minimum Gasteiger partial charge on any atom is -0.475 e. The number of alkyl halides is 3. The first-order valence-corrected chi connectivity index (χ1v) is 26.4. The van der Waals surface area contributed by atoms with E-state index in [1.54, 1.807) is 24.0 Å². The highest BCUT2D eigenvalue weighted by molar-refractivity contribution is 7.17. The number of hydrogen-bond donors (Lipinski definition) is 4. The number of aliphatic carboxylic acids is 1. The van der Waals surface area contributed by atoms with Crippen LogP contribution in [0, 0.1) is 10.8 Å². The van der Waals surface area contributed by atoms with Crippen molar-refractivity contribution in [1.29, 1.82) is 0 Å². The van der Waals surface area contributed by atoms with Crippen molar-refractivity contribution in [2.75, 3.05) is 67.9 Å². The zero-order chi connectivity index (χ0) is 54.6. The summed E-state index contributed by atoms with van der Waals surface area (Å²) in [6, 6.07) is 24.1. The molecule has 0 aliphatic carbocycles. The normalized spacial score (nSPS) is 13.9. The van der Waals surface area contributed by atoms with Crippen LogP contribution < -0.4 is 20.9 Å². The van der Waals surface area contributed by atoms with Crippen molar-refractivity contribution in [3.05, 3.63) is 114 Å². The number of benzene rings is 2. The SMILES string of the molecule is CC(C)(C)CC(=O)N1CCN(c2nc(Nc3cn(-c4ccccc4)cn3)c3ccsc3n2)CC1.CC(C)(C)CC(=O)N1CCNCC1.Clc1nc(Nc2cn(-c3ccccc3)cn2)c2ccsc2n1.O=C(O)C(F)(F)F. The molecule has 402 valence electrons. The summed E-state index contributed by atoms with van der Waals surface area (Å²) in [5.74, 6) is 1.27. The third-order valence-corrected chi connectivity index (χ3v) is 13.2. The molecular formula is C52H60ClF3N14O4S2. The molecule has 10 rings (SSSR count). The Hall–Kier alpha value is -7.21. The van der Waals surface area contributed by atoms with E-state index in [2.05, 4.69) is 82.3 Å². The number of carbonyl (C=O) groups excluding carboxylic acids is 2. The highest BCUT2D eigenvalue weighted by Crippen LogP contribution is 2.31. The highest BCUT2D eigenvalue weighted by Gasteiger charge is 2.38. The van der Waals surface area contributed by atoms with Crippen molar-refractivity contribution < 1.29 is 32.7 Å². The Morgan fingerprint density at radius 1 is 0.632 bits per heavy atom. The quantitative estimate of drug-likeness (QED) is 0.0994. The molecule has 2 amide bonds. The van der Waals surface area contributed by atoms with Gasteiger partial charge in [0.15, 0.2) is 0 Å². The number of aromatic nitrogens is 8. The highest BCUT2D eigenvalue weighted by atomic mass is 35.5. The molecule has 18 nitrogen and oxygen atoms in total. The number of para-hydroxylation sites is 2. The van der Waals surface area contributed by atoms with Gasteiger partial charge in [0.1, 0.15) is 45.6 Å². The Morgan fingerprint density at radius 2 is 1.07 bits per heavy atom. The first kappa shape index (κ1) is 56.5. The van der Waals surface area contributed by atoms with Crippen LogP contribution in [-0.4, -0.2) is 130 Å². The van der Waals surface area contributed by atoms with E-state index in [1.807, 2.05) is 115 Å². The number of imidazole rings is 2. The summed E-state index contributed by atoms with van der Waals surface area (Å²) in [4.78, 5) is 68.1. The summed E-state index contributed by atoms with van der Waals surface area (Å²) in [6.45, 7) is 19.0. The number of thiophene rings is 2. The van der Waals surface area contributed by atoms with Crippen LogP contribution in [0.4, 0.5) is 42.4 Å². The number of piperazine rings is 2. The summed E-state index contributed by atoms with van der Waals surface area (Å²) in [7, 11) is 0. The Bertz CT molecular complexity index is 3180. The molecule has 2 fully saturated rings. The molecule has 0 spiro atoms. The molecule has 76 heavy (non-hydrogen) atoms. The molecule has 24 heteroatoms. The second-order valence-corrected chi connectivity index (χ2v) is 22.1. The van der Waals surface area contributed by atoms with Crippen molar-refractivity contribution in [3.63, 3.8) is 0 Å². The summed E-state index contributed by atoms with van der Waals surface area (Å²) in [6.07, 6.45) is 3.55. The van der Waals surface area contributed by atoms with Crippen molar-refractivity contribution in [2.45, 2.75) is 60.6 Å². The average molecular weight is 1100 g/mol. The molecule has 6 aromatic heterocycles. The molecule has 2 saturated heterocycles. The smallest absolute Gasteiger partial charge is 0.475 e. The van der Waals surface area contributed by atoms with E-state index in [9.17, 15) is 22.8 Å². The second kappa shape index (κ2) is 25.1. The number of nitrogens with one attached hydrogen (secondary N) is 3. The van der Waals surface area contributed by atoms with Crippen molar-refractivity contribution in [3.8, 4) is 11.4 Å². The molecule has 2 aliphatic rings. The van der Waals surface area contributed by atoms with Gasteiger partial charge in [-0.25, -0.2) is 24.7 Å². The first-order valence-electron chi connectivity index (χ1n) is 24.3. The Balaban J connectivity index is 0.000000170. The number of rotatable bonds is 9. The Labute approximate surface area is 451 Å². The summed E-state index contributed by atoms with van der Waals surface area (Å²) >= 11 is 9.09. The Morgan fingerprint density at radius 3 is 1.51 bits per heavy atom. The van der Waals surface area contributed by atoms with Gasteiger partial charge in [0.25, 0.3) is 0 Å².